The number of unbranched alkanes of at least 4 members (excludes halogenated alkanes) is 5. The summed E-state index contributed by atoms with van der Waals surface area (Å²) in [6.45, 7) is 2.55. The van der Waals surface area contributed by atoms with Gasteiger partial charge in [0.25, 0.3) is 0 Å². The maximum absolute atomic E-state index is 12.3. The van der Waals surface area contributed by atoms with Gasteiger partial charge in [0, 0.05) is 0 Å². The number of esters is 1. The maximum Gasteiger partial charge on any atom is 0.309 e. The number of rotatable bonds is 12. The van der Waals surface area contributed by atoms with Crippen LogP contribution in [0.2, 0.25) is 0 Å². The van der Waals surface area contributed by atoms with E-state index in [0.717, 1.165) is 23.5 Å². The standard InChI is InChI=1S/C25H32O3/c1-2-3-4-5-6-8-13-21-18-24(21)25(26)27-19-20-12-11-16-23(17-20)28-22-14-9-7-10-15-22/h7,9-12,14-17,21,24H,2-6,8,13,18-19H2,1H3. The van der Waals surface area contributed by atoms with Gasteiger partial charge in [0.05, 0.1) is 5.92 Å². The Morgan fingerprint density at radius 3 is 2.50 bits per heavy atom. The van der Waals surface area contributed by atoms with E-state index >= 15 is 0 Å². The highest BCUT2D eigenvalue weighted by Crippen LogP contribution is 2.43. The van der Waals surface area contributed by atoms with Crippen molar-refractivity contribution < 1.29 is 14.3 Å². The van der Waals surface area contributed by atoms with Gasteiger partial charge in [0.15, 0.2) is 0 Å². The molecule has 2 atom stereocenters. The molecule has 0 N–H and O–H groups in total. The fraction of sp³-hybridized carbons (Fsp3) is 0.480. The highest BCUT2D eigenvalue weighted by Gasteiger charge is 2.43. The number of hydrogen-bond donors (Lipinski definition) is 0. The number of ether oxygens (including phenoxy) is 2. The average molecular weight is 381 g/mol. The summed E-state index contributed by atoms with van der Waals surface area (Å²) in [5, 5.41) is 0. The van der Waals surface area contributed by atoms with Crippen LogP contribution in [0.3, 0.4) is 0 Å². The highest BCUT2D eigenvalue weighted by molar-refractivity contribution is 5.75. The second kappa shape index (κ2) is 10.9. The molecule has 2 aromatic carbocycles. The van der Waals surface area contributed by atoms with Gasteiger partial charge in [-0.25, -0.2) is 0 Å². The third-order valence-electron chi connectivity index (χ3n) is 5.41. The molecule has 1 fully saturated rings. The number of hydrogen-bond acceptors (Lipinski definition) is 3. The smallest absolute Gasteiger partial charge is 0.309 e. The van der Waals surface area contributed by atoms with Crippen LogP contribution in [0.25, 0.3) is 0 Å². The molecular weight excluding hydrogens is 348 g/mol. The van der Waals surface area contributed by atoms with Crippen LogP contribution in [0, 0.1) is 11.8 Å². The number of para-hydroxylation sites is 1. The summed E-state index contributed by atoms with van der Waals surface area (Å²) in [4.78, 5) is 12.3. The Morgan fingerprint density at radius 2 is 1.68 bits per heavy atom. The van der Waals surface area contributed by atoms with Crippen LogP contribution in [-0.2, 0) is 16.1 Å². The quantitative estimate of drug-likeness (QED) is 0.296. The van der Waals surface area contributed by atoms with E-state index in [-0.39, 0.29) is 11.9 Å². The first-order chi connectivity index (χ1) is 13.8. The Balaban J connectivity index is 1.35. The predicted octanol–water partition coefficient (Wildman–Crippen LogP) is 6.91. The van der Waals surface area contributed by atoms with Gasteiger partial charge >= 0.3 is 5.97 Å². The van der Waals surface area contributed by atoms with E-state index < -0.39 is 0 Å². The predicted molar refractivity (Wildman–Crippen MR) is 112 cm³/mol. The Hall–Kier alpha value is -2.29. The minimum absolute atomic E-state index is 0.0367. The topological polar surface area (TPSA) is 35.5 Å². The van der Waals surface area contributed by atoms with E-state index in [4.69, 9.17) is 9.47 Å². The van der Waals surface area contributed by atoms with Crippen molar-refractivity contribution in [1.29, 1.82) is 0 Å². The number of benzene rings is 2. The van der Waals surface area contributed by atoms with E-state index in [1.54, 1.807) is 0 Å². The molecule has 0 bridgehead atoms. The molecule has 0 spiro atoms. The normalized spacial score (nSPS) is 17.9. The molecule has 150 valence electrons. The lowest BCUT2D eigenvalue weighted by molar-refractivity contribution is -0.146. The van der Waals surface area contributed by atoms with E-state index in [1.165, 1.54) is 44.9 Å². The molecule has 2 aromatic rings. The molecule has 0 amide bonds. The monoisotopic (exact) mass is 380 g/mol. The summed E-state index contributed by atoms with van der Waals surface area (Å²) in [7, 11) is 0. The first-order valence-corrected chi connectivity index (χ1v) is 10.7. The van der Waals surface area contributed by atoms with Gasteiger partial charge in [-0.3, -0.25) is 4.79 Å². The van der Waals surface area contributed by atoms with E-state index in [0.29, 0.717) is 12.5 Å². The molecule has 0 aromatic heterocycles. The number of carbonyl (C=O) groups excluding carboxylic acids is 1. The van der Waals surface area contributed by atoms with Gasteiger partial charge in [-0.05, 0) is 48.6 Å². The summed E-state index contributed by atoms with van der Waals surface area (Å²) < 4.78 is 11.4. The van der Waals surface area contributed by atoms with Gasteiger partial charge in [0.1, 0.15) is 18.1 Å². The lowest BCUT2D eigenvalue weighted by Crippen LogP contribution is -2.08. The summed E-state index contributed by atoms with van der Waals surface area (Å²) in [6.07, 6.45) is 10.0. The Bertz CT molecular complexity index is 726. The van der Waals surface area contributed by atoms with Crippen LogP contribution >= 0.6 is 0 Å². The van der Waals surface area contributed by atoms with Gasteiger partial charge in [0.2, 0.25) is 0 Å². The van der Waals surface area contributed by atoms with Crippen molar-refractivity contribution >= 4 is 5.97 Å². The van der Waals surface area contributed by atoms with Crippen LogP contribution in [0.5, 0.6) is 11.5 Å². The van der Waals surface area contributed by atoms with Gasteiger partial charge in [-0.1, -0.05) is 75.8 Å². The molecule has 1 saturated carbocycles. The average Bonchev–Trinajstić information content (AvgIpc) is 3.50. The van der Waals surface area contributed by atoms with Gasteiger partial charge in [-0.15, -0.1) is 0 Å². The third-order valence-corrected chi connectivity index (χ3v) is 5.41. The Kier molecular flexibility index (Phi) is 7.95. The molecule has 2 unspecified atom stereocenters. The number of carbonyl (C=O) groups is 1. The van der Waals surface area contributed by atoms with Gasteiger partial charge < -0.3 is 9.47 Å². The summed E-state index contributed by atoms with van der Waals surface area (Å²) in [6, 6.07) is 17.4. The third kappa shape index (κ3) is 6.70. The summed E-state index contributed by atoms with van der Waals surface area (Å²) in [5.41, 5.74) is 0.954. The minimum atomic E-state index is -0.0367. The second-order valence-corrected chi connectivity index (χ2v) is 7.83. The van der Waals surface area contributed by atoms with Crippen molar-refractivity contribution in [2.45, 2.75) is 64.9 Å². The van der Waals surface area contributed by atoms with E-state index in [2.05, 4.69) is 6.92 Å². The molecule has 0 radical (unpaired) electrons. The largest absolute Gasteiger partial charge is 0.461 e. The van der Waals surface area contributed by atoms with Crippen LogP contribution in [-0.4, -0.2) is 5.97 Å². The van der Waals surface area contributed by atoms with Crippen LogP contribution in [0.15, 0.2) is 54.6 Å². The molecule has 28 heavy (non-hydrogen) atoms. The molecule has 1 aliphatic carbocycles. The molecule has 0 heterocycles. The molecule has 1 aliphatic rings. The highest BCUT2D eigenvalue weighted by atomic mass is 16.5. The zero-order valence-corrected chi connectivity index (χ0v) is 16.9. The van der Waals surface area contributed by atoms with Crippen molar-refractivity contribution in [2.24, 2.45) is 11.8 Å². The molecular formula is C25H32O3. The molecule has 0 aliphatic heterocycles. The van der Waals surface area contributed by atoms with Crippen molar-refractivity contribution in [2.75, 3.05) is 0 Å². The van der Waals surface area contributed by atoms with Crippen LogP contribution in [0.4, 0.5) is 0 Å². The van der Waals surface area contributed by atoms with Crippen LogP contribution in [0.1, 0.15) is 63.9 Å². The Labute approximate surface area is 169 Å². The SMILES string of the molecule is CCCCCCCCC1CC1C(=O)OCc1cccc(Oc2ccccc2)c1. The van der Waals surface area contributed by atoms with E-state index in [9.17, 15) is 4.79 Å². The zero-order chi connectivity index (χ0) is 19.6. The fourth-order valence-electron chi connectivity index (χ4n) is 3.63. The molecule has 0 saturated heterocycles. The van der Waals surface area contributed by atoms with Gasteiger partial charge in [-0.2, -0.15) is 0 Å². The first kappa shape index (κ1) is 20.4. The van der Waals surface area contributed by atoms with Crippen LogP contribution < -0.4 is 4.74 Å². The van der Waals surface area contributed by atoms with E-state index in [1.807, 2.05) is 54.6 Å². The van der Waals surface area contributed by atoms with Crippen molar-refractivity contribution in [3.05, 3.63) is 60.2 Å². The molecule has 3 rings (SSSR count). The fourth-order valence-corrected chi connectivity index (χ4v) is 3.63. The first-order valence-electron chi connectivity index (χ1n) is 10.7. The summed E-state index contributed by atoms with van der Waals surface area (Å²) >= 11 is 0. The second-order valence-electron chi connectivity index (χ2n) is 7.83. The summed E-state index contributed by atoms with van der Waals surface area (Å²) in [5.74, 6) is 2.19. The minimum Gasteiger partial charge on any atom is -0.461 e. The maximum atomic E-state index is 12.3. The molecule has 3 heteroatoms. The Morgan fingerprint density at radius 1 is 0.929 bits per heavy atom. The van der Waals surface area contributed by atoms with Crippen molar-refractivity contribution in [3.63, 3.8) is 0 Å². The lowest BCUT2D eigenvalue weighted by atomic mass is 10.1. The lowest BCUT2D eigenvalue weighted by Gasteiger charge is -2.08. The van der Waals surface area contributed by atoms with Crippen molar-refractivity contribution in [3.8, 4) is 11.5 Å². The van der Waals surface area contributed by atoms with Crippen molar-refractivity contribution in [1.82, 2.24) is 0 Å². The molecule has 3 nitrogen and oxygen atoms in total. The zero-order valence-electron chi connectivity index (χ0n) is 16.9.